The van der Waals surface area contributed by atoms with E-state index in [9.17, 15) is 0 Å². The van der Waals surface area contributed by atoms with Crippen molar-refractivity contribution in [3.63, 3.8) is 0 Å². The molecule has 0 bridgehead atoms. The van der Waals surface area contributed by atoms with Crippen LogP contribution in [-0.2, 0) is 23.7 Å². The Morgan fingerprint density at radius 1 is 0.250 bits per heavy atom. The predicted octanol–water partition coefficient (Wildman–Crippen LogP) is 11.7. The van der Waals surface area contributed by atoms with Crippen LogP contribution in [0.5, 0.6) is 0 Å². The van der Waals surface area contributed by atoms with Crippen LogP contribution in [0.2, 0.25) is 0 Å². The van der Waals surface area contributed by atoms with Crippen LogP contribution in [0.3, 0.4) is 0 Å². The predicted molar refractivity (Wildman–Crippen MR) is 217 cm³/mol. The zero-order valence-corrected chi connectivity index (χ0v) is 35.8. The van der Waals surface area contributed by atoms with E-state index in [1.165, 1.54) is 64.2 Å². The fourth-order valence-corrected chi connectivity index (χ4v) is 4.86. The molecule has 0 unspecified atom stereocenters. The maximum absolute atomic E-state index is 4.94. The minimum Gasteiger partial charge on any atom is -0.658 e. The van der Waals surface area contributed by atoms with Crippen LogP contribution >= 0.6 is 0 Å². The molecule has 5 fully saturated rings. The van der Waals surface area contributed by atoms with E-state index in [0.29, 0.717) is 0 Å². The van der Waals surface area contributed by atoms with E-state index in [4.69, 9.17) is 23.7 Å². The van der Waals surface area contributed by atoms with Crippen molar-refractivity contribution in [3.05, 3.63) is 132 Å². The summed E-state index contributed by atoms with van der Waals surface area (Å²) in [5.74, 6) is 0. The van der Waals surface area contributed by atoms with Crippen molar-refractivity contribution >= 4 is 71.6 Å². The summed E-state index contributed by atoms with van der Waals surface area (Å²) in [6.07, 6.45) is 12.8. The summed E-state index contributed by atoms with van der Waals surface area (Å²) in [5, 5.41) is 8.88. The summed E-state index contributed by atoms with van der Waals surface area (Å²) in [6, 6.07) is 39.8. The number of rotatable bonds is 4. The van der Waals surface area contributed by atoms with Gasteiger partial charge in [0.1, 0.15) is 0 Å². The summed E-state index contributed by atoms with van der Waals surface area (Å²) < 4.78 is 24.7. The fourth-order valence-electron chi connectivity index (χ4n) is 4.86. The van der Waals surface area contributed by atoms with Gasteiger partial charge in [0.05, 0.1) is 0 Å². The fraction of sp³-hybridized carbons (Fsp3) is 0.455. The maximum atomic E-state index is 4.94. The molecule has 4 aromatic rings. The van der Waals surface area contributed by atoms with Gasteiger partial charge < -0.3 is 34.3 Å². The molecule has 52 heavy (non-hydrogen) atoms. The molecular weight excluding hydrogens is 774 g/mol. The Kier molecular flexibility index (Phi) is 30.6. The third-order valence-corrected chi connectivity index (χ3v) is 7.68. The van der Waals surface area contributed by atoms with E-state index in [0.717, 1.165) is 88.8 Å². The van der Waals surface area contributed by atoms with Crippen LogP contribution in [0.25, 0.3) is 10.6 Å². The Hall–Kier alpha value is -2.15. The SMILES string of the molecule is C1CCOC1.C1CCOC1.C1CCOC1.C1CCOC1.C1CCOC1.[Ba+2].c1ccc([N-]c2ccccc2)cc1.c1ccc([N-]c2ccccc2)cc1. The van der Waals surface area contributed by atoms with Gasteiger partial charge in [-0.25, -0.2) is 0 Å². The first-order chi connectivity index (χ1) is 25.4. The van der Waals surface area contributed by atoms with Crippen LogP contribution < -0.4 is 0 Å². The Morgan fingerprint density at radius 3 is 0.519 bits per heavy atom. The summed E-state index contributed by atoms with van der Waals surface area (Å²) >= 11 is 0. The molecule has 9 rings (SSSR count). The molecule has 0 saturated carbocycles. The smallest absolute Gasteiger partial charge is 0.658 e. The Bertz CT molecular complexity index is 1020. The molecule has 8 heteroatoms. The van der Waals surface area contributed by atoms with E-state index in [1.54, 1.807) is 0 Å². The maximum Gasteiger partial charge on any atom is 2.00 e. The van der Waals surface area contributed by atoms with Gasteiger partial charge in [-0.3, -0.25) is 0 Å². The molecule has 0 aromatic heterocycles. The average molecular weight is 834 g/mol. The second kappa shape index (κ2) is 34.6. The number of ether oxygens (including phenoxy) is 5. The van der Waals surface area contributed by atoms with Gasteiger partial charge in [-0.1, -0.05) is 121 Å². The first-order valence-corrected chi connectivity index (χ1v) is 18.9. The van der Waals surface area contributed by atoms with Crippen molar-refractivity contribution in [1.29, 1.82) is 0 Å². The van der Waals surface area contributed by atoms with Crippen LogP contribution in [0, 0.1) is 0 Å². The molecule has 0 aliphatic carbocycles. The molecule has 7 nitrogen and oxygen atoms in total. The molecule has 4 aromatic carbocycles. The van der Waals surface area contributed by atoms with E-state index < -0.39 is 0 Å². The van der Waals surface area contributed by atoms with E-state index >= 15 is 0 Å². The molecule has 0 spiro atoms. The molecule has 5 heterocycles. The Morgan fingerprint density at radius 2 is 0.404 bits per heavy atom. The quantitative estimate of drug-likeness (QED) is 0.192. The molecule has 0 N–H and O–H groups in total. The van der Waals surface area contributed by atoms with E-state index in [1.807, 2.05) is 121 Å². The zero-order valence-electron chi connectivity index (χ0n) is 31.3. The molecule has 0 atom stereocenters. The van der Waals surface area contributed by atoms with Crippen molar-refractivity contribution in [1.82, 2.24) is 0 Å². The summed E-state index contributed by atoms with van der Waals surface area (Å²) in [7, 11) is 0. The summed E-state index contributed by atoms with van der Waals surface area (Å²) in [4.78, 5) is 0. The third-order valence-electron chi connectivity index (χ3n) is 7.68. The van der Waals surface area contributed by atoms with Gasteiger partial charge >= 0.3 is 48.9 Å². The largest absolute Gasteiger partial charge is 2.00 e. The van der Waals surface area contributed by atoms with Gasteiger partial charge in [-0.2, -0.15) is 0 Å². The Labute approximate surface area is 354 Å². The molecule has 5 saturated heterocycles. The molecule has 5 aliphatic heterocycles. The molecule has 0 amide bonds. The minimum atomic E-state index is 0. The minimum absolute atomic E-state index is 0. The van der Waals surface area contributed by atoms with Crippen molar-refractivity contribution in [2.45, 2.75) is 64.2 Å². The van der Waals surface area contributed by atoms with E-state index in [-0.39, 0.29) is 48.9 Å². The van der Waals surface area contributed by atoms with Gasteiger partial charge in [0.2, 0.25) is 0 Å². The number of para-hydroxylation sites is 4. The number of benzene rings is 4. The van der Waals surface area contributed by atoms with E-state index in [2.05, 4.69) is 10.6 Å². The summed E-state index contributed by atoms with van der Waals surface area (Å²) in [5.41, 5.74) is 3.98. The zero-order chi connectivity index (χ0) is 35.5. The van der Waals surface area contributed by atoms with Crippen LogP contribution in [-0.4, -0.2) is 115 Å². The van der Waals surface area contributed by atoms with Crippen LogP contribution in [0.15, 0.2) is 121 Å². The number of hydrogen-bond donors (Lipinski definition) is 0. The van der Waals surface area contributed by atoms with Gasteiger partial charge in [0.25, 0.3) is 0 Å². The molecular formula is C44H60BaN2O5. The third kappa shape index (κ3) is 26.6. The first kappa shape index (κ1) is 46.0. The van der Waals surface area contributed by atoms with Crippen molar-refractivity contribution in [2.24, 2.45) is 0 Å². The Balaban J connectivity index is 0.000000221. The molecule has 0 radical (unpaired) electrons. The van der Waals surface area contributed by atoms with Gasteiger partial charge in [0.15, 0.2) is 0 Å². The van der Waals surface area contributed by atoms with Gasteiger partial charge in [-0.15, -0.1) is 22.7 Å². The number of hydrogen-bond acceptors (Lipinski definition) is 5. The second-order valence-corrected chi connectivity index (χ2v) is 12.2. The second-order valence-electron chi connectivity index (χ2n) is 12.2. The van der Waals surface area contributed by atoms with Gasteiger partial charge in [0, 0.05) is 66.1 Å². The van der Waals surface area contributed by atoms with Crippen molar-refractivity contribution in [3.8, 4) is 0 Å². The van der Waals surface area contributed by atoms with Crippen molar-refractivity contribution < 1.29 is 23.7 Å². The van der Waals surface area contributed by atoms with Gasteiger partial charge in [-0.05, 0) is 64.2 Å². The normalized spacial score (nSPS) is 16.3. The summed E-state index contributed by atoms with van der Waals surface area (Å²) in [6.45, 7) is 10.0. The van der Waals surface area contributed by atoms with Crippen molar-refractivity contribution in [2.75, 3.05) is 66.1 Å². The van der Waals surface area contributed by atoms with Crippen LogP contribution in [0.4, 0.5) is 22.7 Å². The molecule has 5 aliphatic rings. The topological polar surface area (TPSA) is 74.4 Å². The van der Waals surface area contributed by atoms with Crippen LogP contribution in [0.1, 0.15) is 64.2 Å². The molecule has 278 valence electrons. The standard InChI is InChI=1S/2C12H10N.5C4H8O.Ba/c2*1-3-7-11(8-4-1)13-12-9-5-2-6-10-12;5*1-2-4-5-3-1;/h2*1-10H;5*1-4H2;/q2*-1;;;;;;+2. The monoisotopic (exact) mass is 834 g/mol. The average Bonchev–Trinajstić information content (AvgIpc) is 4.07. The number of nitrogens with zero attached hydrogens (tertiary/aromatic N) is 2. The first-order valence-electron chi connectivity index (χ1n) is 18.9.